The molecule has 0 bridgehead atoms. The molecule has 0 saturated carbocycles. The van der Waals surface area contributed by atoms with Crippen LogP contribution in [0.1, 0.15) is 37.3 Å². The summed E-state index contributed by atoms with van der Waals surface area (Å²) < 4.78 is 10.9. The molecule has 0 atom stereocenters. The number of hydrogen-bond acceptors (Lipinski definition) is 7. The molecule has 2 aliphatic heterocycles. The van der Waals surface area contributed by atoms with Crippen molar-refractivity contribution in [1.29, 1.82) is 0 Å². The molecule has 0 unspecified atom stereocenters. The van der Waals surface area contributed by atoms with Gasteiger partial charge < -0.3 is 19.3 Å². The van der Waals surface area contributed by atoms with Crippen molar-refractivity contribution in [2.24, 2.45) is 4.99 Å². The Morgan fingerprint density at radius 2 is 1.91 bits per heavy atom. The molecule has 4 rings (SSSR count). The molecule has 9 heteroatoms. The highest BCUT2D eigenvalue weighted by molar-refractivity contribution is 6.05. The van der Waals surface area contributed by atoms with E-state index in [2.05, 4.69) is 10.3 Å². The van der Waals surface area contributed by atoms with Gasteiger partial charge in [0.25, 0.3) is 0 Å². The predicted octanol–water partition coefficient (Wildman–Crippen LogP) is 2.76. The number of unbranched alkanes of at least 4 members (excludes halogenated alkanes) is 1. The van der Waals surface area contributed by atoms with Gasteiger partial charge in [0, 0.05) is 32.0 Å². The molecule has 2 heterocycles. The largest absolute Gasteiger partial charge is 0.494 e. The Labute approximate surface area is 204 Å². The van der Waals surface area contributed by atoms with Gasteiger partial charge in [-0.1, -0.05) is 30.3 Å². The van der Waals surface area contributed by atoms with Crippen LogP contribution in [0.15, 0.2) is 53.5 Å². The molecule has 2 aromatic carbocycles. The quantitative estimate of drug-likeness (QED) is 0.394. The van der Waals surface area contributed by atoms with E-state index in [4.69, 9.17) is 9.47 Å². The Morgan fingerprint density at radius 3 is 2.71 bits per heavy atom. The second kappa shape index (κ2) is 11.5. The van der Waals surface area contributed by atoms with Crippen LogP contribution in [-0.4, -0.2) is 59.8 Å². The summed E-state index contributed by atoms with van der Waals surface area (Å²) in [4.78, 5) is 43.6. The summed E-state index contributed by atoms with van der Waals surface area (Å²) in [6, 6.07) is 15.5. The Bertz CT molecular complexity index is 1100. The molecule has 1 N–H and O–H groups in total. The zero-order valence-corrected chi connectivity index (χ0v) is 19.9. The number of hydrogen-bond donors (Lipinski definition) is 1. The fraction of sp³-hybridized carbons (Fsp3) is 0.385. The number of rotatable bonds is 11. The molecule has 184 valence electrons. The Hall–Kier alpha value is -3.88. The summed E-state index contributed by atoms with van der Waals surface area (Å²) in [5, 5.41) is 2.76. The zero-order valence-electron chi connectivity index (χ0n) is 19.9. The van der Waals surface area contributed by atoms with Crippen molar-refractivity contribution in [2.75, 3.05) is 26.3 Å². The van der Waals surface area contributed by atoms with Crippen LogP contribution in [-0.2, 0) is 32.2 Å². The topological polar surface area (TPSA) is 101 Å². The van der Waals surface area contributed by atoms with E-state index in [0.717, 1.165) is 29.0 Å². The number of ether oxygens (including phenoxy) is 2. The fourth-order valence-corrected chi connectivity index (χ4v) is 4.05. The molecule has 1 fully saturated rings. The average Bonchev–Trinajstić information content (AvgIpc) is 3.20. The predicted molar refractivity (Wildman–Crippen MR) is 130 cm³/mol. The third-order valence-corrected chi connectivity index (χ3v) is 5.81. The number of carbonyl (C=O) groups is 3. The molecule has 0 spiro atoms. The second-order valence-corrected chi connectivity index (χ2v) is 8.58. The van der Waals surface area contributed by atoms with Crippen molar-refractivity contribution < 1.29 is 23.9 Å². The minimum atomic E-state index is -0.353. The number of nitrogens with zero attached hydrogens (tertiary/aromatic N) is 3. The highest BCUT2D eigenvalue weighted by Crippen LogP contribution is 2.30. The first kappa shape index (κ1) is 24.3. The summed E-state index contributed by atoms with van der Waals surface area (Å²) in [6.07, 6.45) is 1.82. The Kier molecular flexibility index (Phi) is 7.97. The molecule has 2 aromatic rings. The van der Waals surface area contributed by atoms with E-state index in [1.54, 1.807) is 4.90 Å². The van der Waals surface area contributed by atoms with Gasteiger partial charge >= 0.3 is 5.97 Å². The van der Waals surface area contributed by atoms with Gasteiger partial charge in [-0.05, 0) is 36.6 Å². The lowest BCUT2D eigenvalue weighted by molar-refractivity contribution is -0.143. The standard InChI is InChI=1S/C26H30N4O5/c1-19(31)34-14-12-29(16-20-7-3-2-4-8-20)25(33)9-5-6-13-35-22-10-11-23-21(15-22)17-30-18-24(32)28-26(30)27-23/h2-4,7-8,10-11,15H,5-6,9,12-14,16-18H2,1H3,(H,27,28,32). The molecule has 0 aliphatic carbocycles. The van der Waals surface area contributed by atoms with Crippen molar-refractivity contribution in [3.05, 3.63) is 59.7 Å². The minimum absolute atomic E-state index is 0.0252. The molecular weight excluding hydrogens is 448 g/mol. The van der Waals surface area contributed by atoms with Crippen LogP contribution in [0.3, 0.4) is 0 Å². The van der Waals surface area contributed by atoms with Gasteiger partial charge in [0.1, 0.15) is 18.9 Å². The van der Waals surface area contributed by atoms with Crippen LogP contribution < -0.4 is 10.1 Å². The van der Waals surface area contributed by atoms with Crippen LogP contribution in [0.2, 0.25) is 0 Å². The number of fused-ring (bicyclic) bond motifs is 2. The van der Waals surface area contributed by atoms with Crippen LogP contribution >= 0.6 is 0 Å². The van der Waals surface area contributed by atoms with Gasteiger partial charge in [-0.25, -0.2) is 4.99 Å². The SMILES string of the molecule is CC(=O)OCCN(Cc1ccccc1)C(=O)CCCCOc1ccc2c(c1)CN1CC(=O)NC1=N2. The molecule has 0 radical (unpaired) electrons. The number of esters is 1. The first-order valence-electron chi connectivity index (χ1n) is 11.8. The maximum Gasteiger partial charge on any atom is 0.302 e. The molecule has 9 nitrogen and oxygen atoms in total. The maximum absolute atomic E-state index is 12.8. The van der Waals surface area contributed by atoms with Crippen molar-refractivity contribution >= 4 is 29.4 Å². The van der Waals surface area contributed by atoms with Gasteiger partial charge in [-0.2, -0.15) is 0 Å². The smallest absolute Gasteiger partial charge is 0.302 e. The molecule has 1 saturated heterocycles. The summed E-state index contributed by atoms with van der Waals surface area (Å²) >= 11 is 0. The van der Waals surface area contributed by atoms with E-state index in [1.165, 1.54) is 6.92 Å². The number of nitrogens with one attached hydrogen (secondary N) is 1. The van der Waals surface area contributed by atoms with Crippen molar-refractivity contribution in [1.82, 2.24) is 15.1 Å². The van der Waals surface area contributed by atoms with Crippen molar-refractivity contribution in [2.45, 2.75) is 39.3 Å². The van der Waals surface area contributed by atoms with E-state index >= 15 is 0 Å². The number of carbonyl (C=O) groups excluding carboxylic acids is 3. The van der Waals surface area contributed by atoms with Gasteiger partial charge in [-0.15, -0.1) is 0 Å². The lowest BCUT2D eigenvalue weighted by Gasteiger charge is -2.23. The van der Waals surface area contributed by atoms with Gasteiger partial charge in [0.2, 0.25) is 17.8 Å². The van der Waals surface area contributed by atoms with Gasteiger partial charge in [0.15, 0.2) is 0 Å². The van der Waals surface area contributed by atoms with Crippen LogP contribution in [0.5, 0.6) is 5.75 Å². The summed E-state index contributed by atoms with van der Waals surface area (Å²) in [5.41, 5.74) is 2.89. The second-order valence-electron chi connectivity index (χ2n) is 8.58. The highest BCUT2D eigenvalue weighted by Gasteiger charge is 2.29. The third kappa shape index (κ3) is 6.81. The molecule has 0 aromatic heterocycles. The fourth-order valence-electron chi connectivity index (χ4n) is 4.05. The first-order chi connectivity index (χ1) is 17.0. The van der Waals surface area contributed by atoms with E-state index in [-0.39, 0.29) is 24.4 Å². The number of aliphatic imine (C=N–C) groups is 1. The molecule has 2 amide bonds. The highest BCUT2D eigenvalue weighted by atomic mass is 16.5. The zero-order chi connectivity index (χ0) is 24.6. The van der Waals surface area contributed by atoms with Crippen LogP contribution in [0.25, 0.3) is 0 Å². The summed E-state index contributed by atoms with van der Waals surface area (Å²) in [6.45, 7) is 3.82. The van der Waals surface area contributed by atoms with E-state index < -0.39 is 0 Å². The van der Waals surface area contributed by atoms with Crippen LogP contribution in [0, 0.1) is 0 Å². The van der Waals surface area contributed by atoms with Gasteiger partial charge in [0.05, 0.1) is 18.8 Å². The lowest BCUT2D eigenvalue weighted by atomic mass is 10.1. The Balaban J connectivity index is 1.22. The molecule has 35 heavy (non-hydrogen) atoms. The first-order valence-corrected chi connectivity index (χ1v) is 11.8. The van der Waals surface area contributed by atoms with E-state index in [0.29, 0.717) is 51.6 Å². The number of benzene rings is 2. The summed E-state index contributed by atoms with van der Waals surface area (Å²) in [5.74, 6) is 0.983. The summed E-state index contributed by atoms with van der Waals surface area (Å²) in [7, 11) is 0. The Morgan fingerprint density at radius 1 is 1.09 bits per heavy atom. The maximum atomic E-state index is 12.8. The minimum Gasteiger partial charge on any atom is -0.494 e. The number of guanidine groups is 1. The normalized spacial score (nSPS) is 13.9. The number of amides is 2. The molecular formula is C26H30N4O5. The lowest BCUT2D eigenvalue weighted by Crippen LogP contribution is -2.33. The molecule has 2 aliphatic rings. The van der Waals surface area contributed by atoms with E-state index in [1.807, 2.05) is 53.4 Å². The third-order valence-electron chi connectivity index (χ3n) is 5.81. The van der Waals surface area contributed by atoms with Crippen molar-refractivity contribution in [3.63, 3.8) is 0 Å². The average molecular weight is 479 g/mol. The van der Waals surface area contributed by atoms with Gasteiger partial charge in [-0.3, -0.25) is 19.7 Å². The monoisotopic (exact) mass is 478 g/mol. The van der Waals surface area contributed by atoms with E-state index in [9.17, 15) is 14.4 Å². The van der Waals surface area contributed by atoms with Crippen molar-refractivity contribution in [3.8, 4) is 5.75 Å². The van der Waals surface area contributed by atoms with Crippen LogP contribution in [0.4, 0.5) is 5.69 Å².